The standard InChI is InChI=1S/C24H29NO2/c1-16-15-25-14-13-24(16)20-8-6-5-7-19(20)22(27-24)21(26)17-9-11-18(12-10-17)23(2,3)4/h5-12,16,22,25H,13-15H2,1-4H3/t16-,22?,24+/m0/s1. The predicted molar refractivity (Wildman–Crippen MR) is 108 cm³/mol. The number of hydrogen-bond donors (Lipinski definition) is 1. The van der Waals surface area contributed by atoms with Crippen LogP contribution in [0.1, 0.15) is 67.3 Å². The number of fused-ring (bicyclic) bond motifs is 2. The molecule has 2 aromatic rings. The highest BCUT2D eigenvalue weighted by atomic mass is 16.5. The van der Waals surface area contributed by atoms with Crippen molar-refractivity contribution in [2.45, 2.75) is 51.2 Å². The van der Waals surface area contributed by atoms with Gasteiger partial charge in [-0.25, -0.2) is 0 Å². The first-order chi connectivity index (χ1) is 12.8. The Kier molecular flexibility index (Phi) is 4.48. The minimum Gasteiger partial charge on any atom is -0.354 e. The van der Waals surface area contributed by atoms with Crippen molar-refractivity contribution < 1.29 is 9.53 Å². The van der Waals surface area contributed by atoms with E-state index in [-0.39, 0.29) is 16.8 Å². The van der Waals surface area contributed by atoms with Gasteiger partial charge in [0.05, 0.1) is 5.60 Å². The first kappa shape index (κ1) is 18.4. The zero-order valence-corrected chi connectivity index (χ0v) is 16.7. The van der Waals surface area contributed by atoms with E-state index < -0.39 is 6.10 Å². The summed E-state index contributed by atoms with van der Waals surface area (Å²) in [5.74, 6) is 0.388. The molecule has 0 aliphatic carbocycles. The van der Waals surface area contributed by atoms with Crippen LogP contribution in [0.2, 0.25) is 0 Å². The van der Waals surface area contributed by atoms with E-state index in [1.165, 1.54) is 11.1 Å². The third-order valence-corrected chi connectivity index (χ3v) is 6.22. The molecule has 1 fully saturated rings. The maximum absolute atomic E-state index is 13.4. The number of piperidine rings is 1. The lowest BCUT2D eigenvalue weighted by Crippen LogP contribution is -2.47. The van der Waals surface area contributed by atoms with Gasteiger partial charge in [0.1, 0.15) is 6.10 Å². The number of carbonyl (C=O) groups is 1. The monoisotopic (exact) mass is 363 g/mol. The fourth-order valence-electron chi connectivity index (χ4n) is 4.51. The number of carbonyl (C=O) groups excluding carboxylic acids is 1. The van der Waals surface area contributed by atoms with Gasteiger partial charge in [-0.05, 0) is 35.1 Å². The van der Waals surface area contributed by atoms with Crippen LogP contribution in [0.3, 0.4) is 0 Å². The second-order valence-corrected chi connectivity index (χ2v) is 9.02. The van der Waals surface area contributed by atoms with Gasteiger partial charge in [0.15, 0.2) is 5.78 Å². The number of rotatable bonds is 2. The van der Waals surface area contributed by atoms with E-state index in [2.05, 4.69) is 63.3 Å². The predicted octanol–water partition coefficient (Wildman–Crippen LogP) is 4.76. The van der Waals surface area contributed by atoms with E-state index >= 15 is 0 Å². The quantitative estimate of drug-likeness (QED) is 0.782. The smallest absolute Gasteiger partial charge is 0.196 e. The van der Waals surface area contributed by atoms with Crippen LogP contribution in [-0.4, -0.2) is 18.9 Å². The van der Waals surface area contributed by atoms with E-state index in [1.807, 2.05) is 18.2 Å². The lowest BCUT2D eigenvalue weighted by Gasteiger charge is -2.40. The molecule has 0 radical (unpaired) electrons. The highest BCUT2D eigenvalue weighted by Crippen LogP contribution is 2.51. The van der Waals surface area contributed by atoms with Crippen LogP contribution >= 0.6 is 0 Å². The number of hydrogen-bond acceptors (Lipinski definition) is 3. The summed E-state index contributed by atoms with van der Waals surface area (Å²) >= 11 is 0. The number of benzene rings is 2. The van der Waals surface area contributed by atoms with E-state index in [1.54, 1.807) is 0 Å². The van der Waals surface area contributed by atoms with Gasteiger partial charge >= 0.3 is 0 Å². The molecule has 0 amide bonds. The SMILES string of the molecule is C[C@H]1CNCC[C@@]12OC(C(=O)c1ccc(C(C)(C)C)cc1)c1ccccc12. The lowest BCUT2D eigenvalue weighted by molar-refractivity contribution is -0.110. The largest absolute Gasteiger partial charge is 0.354 e. The van der Waals surface area contributed by atoms with Gasteiger partial charge in [0.2, 0.25) is 0 Å². The van der Waals surface area contributed by atoms with Crippen LogP contribution < -0.4 is 5.32 Å². The maximum atomic E-state index is 13.4. The average molecular weight is 364 g/mol. The van der Waals surface area contributed by atoms with Crippen molar-refractivity contribution in [2.75, 3.05) is 13.1 Å². The molecule has 3 atom stereocenters. The summed E-state index contributed by atoms with van der Waals surface area (Å²) in [6, 6.07) is 16.3. The Bertz CT molecular complexity index is 849. The molecule has 1 spiro atoms. The third-order valence-electron chi connectivity index (χ3n) is 6.22. The Balaban J connectivity index is 1.69. The second kappa shape index (κ2) is 6.57. The molecule has 2 aliphatic heterocycles. The van der Waals surface area contributed by atoms with Crippen molar-refractivity contribution in [1.82, 2.24) is 5.32 Å². The zero-order chi connectivity index (χ0) is 19.2. The van der Waals surface area contributed by atoms with E-state index in [9.17, 15) is 4.79 Å². The molecule has 1 N–H and O–H groups in total. The van der Waals surface area contributed by atoms with Crippen LogP contribution in [0.4, 0.5) is 0 Å². The topological polar surface area (TPSA) is 38.3 Å². The first-order valence-corrected chi connectivity index (χ1v) is 9.95. The molecule has 1 saturated heterocycles. The molecule has 4 rings (SSSR count). The molecule has 2 aliphatic rings. The summed E-state index contributed by atoms with van der Waals surface area (Å²) in [5, 5.41) is 3.45. The fourth-order valence-corrected chi connectivity index (χ4v) is 4.51. The normalized spacial score (nSPS) is 27.6. The van der Waals surface area contributed by atoms with E-state index in [0.29, 0.717) is 5.92 Å². The van der Waals surface area contributed by atoms with Crippen molar-refractivity contribution in [3.05, 3.63) is 70.8 Å². The Morgan fingerprint density at radius 1 is 1.11 bits per heavy atom. The molecule has 3 heteroatoms. The van der Waals surface area contributed by atoms with E-state index in [0.717, 1.165) is 30.6 Å². The molecular weight excluding hydrogens is 334 g/mol. The molecule has 2 heterocycles. The third kappa shape index (κ3) is 3.03. The van der Waals surface area contributed by atoms with Crippen LogP contribution in [0.15, 0.2) is 48.5 Å². The minimum atomic E-state index is -0.512. The molecule has 2 aromatic carbocycles. The van der Waals surface area contributed by atoms with Crippen molar-refractivity contribution in [1.29, 1.82) is 0 Å². The zero-order valence-electron chi connectivity index (χ0n) is 16.7. The molecule has 1 unspecified atom stereocenters. The first-order valence-electron chi connectivity index (χ1n) is 9.95. The fraction of sp³-hybridized carbons (Fsp3) is 0.458. The van der Waals surface area contributed by atoms with Crippen molar-refractivity contribution >= 4 is 5.78 Å². The van der Waals surface area contributed by atoms with Gasteiger partial charge in [-0.3, -0.25) is 4.79 Å². The van der Waals surface area contributed by atoms with Crippen LogP contribution in [0.25, 0.3) is 0 Å². The highest BCUT2D eigenvalue weighted by molar-refractivity contribution is 6.00. The van der Waals surface area contributed by atoms with Gasteiger partial charge < -0.3 is 10.1 Å². The maximum Gasteiger partial charge on any atom is 0.196 e. The molecule has 0 aromatic heterocycles. The van der Waals surface area contributed by atoms with Gasteiger partial charge in [-0.1, -0.05) is 76.2 Å². The lowest BCUT2D eigenvalue weighted by atomic mass is 9.77. The Labute approximate surface area is 162 Å². The molecular formula is C24H29NO2. The van der Waals surface area contributed by atoms with Gasteiger partial charge in [0.25, 0.3) is 0 Å². The van der Waals surface area contributed by atoms with Crippen LogP contribution in [0.5, 0.6) is 0 Å². The minimum absolute atomic E-state index is 0.0607. The van der Waals surface area contributed by atoms with Crippen LogP contribution in [0, 0.1) is 5.92 Å². The van der Waals surface area contributed by atoms with Crippen molar-refractivity contribution in [3.63, 3.8) is 0 Å². The summed E-state index contributed by atoms with van der Waals surface area (Å²) < 4.78 is 6.60. The molecule has 0 saturated carbocycles. The number of ketones is 1. The Morgan fingerprint density at radius 2 is 1.81 bits per heavy atom. The summed E-state index contributed by atoms with van der Waals surface area (Å²) in [5.41, 5.74) is 3.91. The van der Waals surface area contributed by atoms with E-state index in [4.69, 9.17) is 4.74 Å². The molecule has 27 heavy (non-hydrogen) atoms. The molecule has 3 nitrogen and oxygen atoms in total. The molecule has 142 valence electrons. The Morgan fingerprint density at radius 3 is 2.48 bits per heavy atom. The van der Waals surface area contributed by atoms with Crippen molar-refractivity contribution in [2.24, 2.45) is 5.92 Å². The average Bonchev–Trinajstić information content (AvgIpc) is 2.99. The van der Waals surface area contributed by atoms with Gasteiger partial charge in [0, 0.05) is 18.0 Å². The summed E-state index contributed by atoms with van der Waals surface area (Å²) in [7, 11) is 0. The van der Waals surface area contributed by atoms with Gasteiger partial charge in [-0.15, -0.1) is 0 Å². The summed E-state index contributed by atoms with van der Waals surface area (Å²) in [6.45, 7) is 10.6. The van der Waals surface area contributed by atoms with Crippen LogP contribution in [-0.2, 0) is 15.8 Å². The van der Waals surface area contributed by atoms with Gasteiger partial charge in [-0.2, -0.15) is 0 Å². The summed E-state index contributed by atoms with van der Waals surface area (Å²) in [4.78, 5) is 13.4. The van der Waals surface area contributed by atoms with Crippen molar-refractivity contribution in [3.8, 4) is 0 Å². The highest BCUT2D eigenvalue weighted by Gasteiger charge is 2.51. The number of nitrogens with one attached hydrogen (secondary N) is 1. The second-order valence-electron chi connectivity index (χ2n) is 9.02. The number of ether oxygens (including phenoxy) is 1. The molecule has 0 bridgehead atoms. The Hall–Kier alpha value is -1.97. The summed E-state index contributed by atoms with van der Waals surface area (Å²) in [6.07, 6.45) is 0.389. The number of Topliss-reactive ketones (excluding diaryl/α,β-unsaturated/α-hetero) is 1.